The van der Waals surface area contributed by atoms with Crippen molar-refractivity contribution < 1.29 is 8.78 Å². The minimum atomic E-state index is -2.49. The number of halogens is 2. The van der Waals surface area contributed by atoms with Crippen molar-refractivity contribution in [1.29, 1.82) is 0 Å². The number of H-pyrrole nitrogens is 1. The number of aryl methyl sites for hydroxylation is 1. The molecule has 1 N–H and O–H groups in total. The maximum atomic E-state index is 12.4. The van der Waals surface area contributed by atoms with E-state index in [0.29, 0.717) is 11.6 Å². The molecule has 0 amide bonds. The highest BCUT2D eigenvalue weighted by molar-refractivity contribution is 5.06. The van der Waals surface area contributed by atoms with Gasteiger partial charge in [0.1, 0.15) is 5.82 Å². The van der Waals surface area contributed by atoms with Crippen LogP contribution >= 0.6 is 0 Å². The fourth-order valence-corrected chi connectivity index (χ4v) is 1.39. The molecule has 1 heterocycles. The molecule has 2 rings (SSSR count). The number of alkyl halides is 2. The van der Waals surface area contributed by atoms with Gasteiger partial charge in [0, 0.05) is 18.8 Å². The molecule has 0 saturated heterocycles. The molecule has 1 aliphatic carbocycles. The summed E-state index contributed by atoms with van der Waals surface area (Å²) in [6.45, 7) is 1.76. The molecule has 12 heavy (non-hydrogen) atoms. The van der Waals surface area contributed by atoms with Gasteiger partial charge in [0.05, 0.1) is 0 Å². The fraction of sp³-hybridized carbons (Fsp3) is 0.714. The van der Waals surface area contributed by atoms with Gasteiger partial charge in [-0.15, -0.1) is 0 Å². The summed E-state index contributed by atoms with van der Waals surface area (Å²) in [5.74, 6) is -1.43. The zero-order valence-corrected chi connectivity index (χ0v) is 6.64. The Balaban J connectivity index is 2.06. The first-order chi connectivity index (χ1) is 5.57. The van der Waals surface area contributed by atoms with Gasteiger partial charge in [-0.05, 0) is 6.92 Å². The number of nitrogens with one attached hydrogen (secondary N) is 1. The van der Waals surface area contributed by atoms with Crippen LogP contribution in [-0.2, 0) is 0 Å². The molecule has 1 aromatic heterocycles. The van der Waals surface area contributed by atoms with Gasteiger partial charge in [-0.25, -0.2) is 13.8 Å². The van der Waals surface area contributed by atoms with Crippen LogP contribution in [0.4, 0.5) is 8.78 Å². The van der Waals surface area contributed by atoms with Crippen LogP contribution in [0.3, 0.4) is 0 Å². The van der Waals surface area contributed by atoms with E-state index in [4.69, 9.17) is 0 Å². The lowest BCUT2D eigenvalue weighted by atomic mass is 9.81. The van der Waals surface area contributed by atoms with E-state index in [2.05, 4.69) is 15.2 Å². The minimum Gasteiger partial charge on any atom is -0.263 e. The maximum absolute atomic E-state index is 12.4. The number of hydrogen-bond acceptors (Lipinski definition) is 2. The van der Waals surface area contributed by atoms with Gasteiger partial charge in [0.2, 0.25) is 5.92 Å². The Labute approximate surface area is 68.2 Å². The zero-order valence-electron chi connectivity index (χ0n) is 6.64. The quantitative estimate of drug-likeness (QED) is 0.701. The van der Waals surface area contributed by atoms with Gasteiger partial charge >= 0.3 is 0 Å². The summed E-state index contributed by atoms with van der Waals surface area (Å²) in [5.41, 5.74) is 0. The molecular formula is C7H9F2N3. The molecule has 0 spiro atoms. The van der Waals surface area contributed by atoms with Gasteiger partial charge in [-0.2, -0.15) is 5.10 Å². The lowest BCUT2D eigenvalue weighted by molar-refractivity contribution is -0.0884. The smallest absolute Gasteiger partial charge is 0.249 e. The van der Waals surface area contributed by atoms with E-state index in [9.17, 15) is 8.78 Å². The third-order valence-electron chi connectivity index (χ3n) is 2.07. The summed E-state index contributed by atoms with van der Waals surface area (Å²) >= 11 is 0. The first-order valence-electron chi connectivity index (χ1n) is 3.83. The lowest BCUT2D eigenvalue weighted by Crippen LogP contribution is -2.34. The average Bonchev–Trinajstić information content (AvgIpc) is 2.30. The number of aromatic nitrogens is 3. The van der Waals surface area contributed by atoms with Crippen molar-refractivity contribution in [3.8, 4) is 0 Å². The predicted octanol–water partition coefficient (Wildman–Crippen LogP) is 1.63. The second-order valence-electron chi connectivity index (χ2n) is 3.24. The highest BCUT2D eigenvalue weighted by Crippen LogP contribution is 2.47. The molecule has 1 fully saturated rings. The number of aromatic amines is 1. The average molecular weight is 173 g/mol. The topological polar surface area (TPSA) is 41.6 Å². The van der Waals surface area contributed by atoms with Crippen LogP contribution in [0.25, 0.3) is 0 Å². The second-order valence-corrected chi connectivity index (χ2v) is 3.24. The third kappa shape index (κ3) is 1.19. The Morgan fingerprint density at radius 3 is 2.58 bits per heavy atom. The van der Waals surface area contributed by atoms with Crippen molar-refractivity contribution >= 4 is 0 Å². The van der Waals surface area contributed by atoms with Crippen LogP contribution in [0.15, 0.2) is 0 Å². The van der Waals surface area contributed by atoms with E-state index < -0.39 is 5.92 Å². The van der Waals surface area contributed by atoms with Crippen LogP contribution < -0.4 is 0 Å². The van der Waals surface area contributed by atoms with E-state index >= 15 is 0 Å². The molecule has 0 radical (unpaired) electrons. The SMILES string of the molecule is Cc1nc(C2CC(F)(F)C2)n[nH]1. The molecule has 3 nitrogen and oxygen atoms in total. The molecular weight excluding hydrogens is 164 g/mol. The Morgan fingerprint density at radius 2 is 2.17 bits per heavy atom. The molecule has 66 valence electrons. The van der Waals surface area contributed by atoms with E-state index in [1.807, 2.05) is 0 Å². The Bertz CT molecular complexity index is 287. The van der Waals surface area contributed by atoms with Gasteiger partial charge in [0.15, 0.2) is 5.82 Å². The summed E-state index contributed by atoms with van der Waals surface area (Å²) in [6, 6.07) is 0. The number of hydrogen-bond donors (Lipinski definition) is 1. The molecule has 0 bridgehead atoms. The van der Waals surface area contributed by atoms with Crippen LogP contribution in [0, 0.1) is 6.92 Å². The summed E-state index contributed by atoms with van der Waals surface area (Å²) in [6.07, 6.45) is -0.214. The van der Waals surface area contributed by atoms with Crippen molar-refractivity contribution in [2.45, 2.75) is 31.6 Å². The van der Waals surface area contributed by atoms with Crippen LogP contribution in [0.1, 0.15) is 30.4 Å². The number of rotatable bonds is 1. The Hall–Kier alpha value is -1.00. The van der Waals surface area contributed by atoms with Crippen LogP contribution in [-0.4, -0.2) is 21.1 Å². The fourth-order valence-electron chi connectivity index (χ4n) is 1.39. The monoisotopic (exact) mass is 173 g/mol. The summed E-state index contributed by atoms with van der Waals surface area (Å²) in [5, 5.41) is 6.47. The Morgan fingerprint density at radius 1 is 1.50 bits per heavy atom. The lowest BCUT2D eigenvalue weighted by Gasteiger charge is -2.32. The van der Waals surface area contributed by atoms with Crippen molar-refractivity contribution in [2.24, 2.45) is 0 Å². The highest BCUT2D eigenvalue weighted by atomic mass is 19.3. The molecule has 0 unspecified atom stereocenters. The van der Waals surface area contributed by atoms with Gasteiger partial charge in [0.25, 0.3) is 0 Å². The van der Waals surface area contributed by atoms with Gasteiger partial charge < -0.3 is 0 Å². The van der Waals surface area contributed by atoms with E-state index in [1.165, 1.54) is 0 Å². The zero-order chi connectivity index (χ0) is 8.77. The van der Waals surface area contributed by atoms with Crippen molar-refractivity contribution in [3.05, 3.63) is 11.6 Å². The van der Waals surface area contributed by atoms with E-state index in [0.717, 1.165) is 0 Å². The van der Waals surface area contributed by atoms with Crippen LogP contribution in [0.2, 0.25) is 0 Å². The largest absolute Gasteiger partial charge is 0.263 e. The standard InChI is InChI=1S/C7H9F2N3/c1-4-10-6(12-11-4)5-2-7(8,9)3-5/h5H,2-3H2,1H3,(H,10,11,12). The van der Waals surface area contributed by atoms with Crippen molar-refractivity contribution in [3.63, 3.8) is 0 Å². The molecule has 1 aromatic rings. The van der Waals surface area contributed by atoms with Crippen molar-refractivity contribution in [2.75, 3.05) is 0 Å². The van der Waals surface area contributed by atoms with E-state index in [1.54, 1.807) is 6.92 Å². The van der Waals surface area contributed by atoms with Crippen LogP contribution in [0.5, 0.6) is 0 Å². The molecule has 0 aliphatic heterocycles. The molecule has 1 aliphatic rings. The summed E-state index contributed by atoms with van der Waals surface area (Å²) in [7, 11) is 0. The predicted molar refractivity (Wildman–Crippen MR) is 38.0 cm³/mol. The maximum Gasteiger partial charge on any atom is 0.249 e. The van der Waals surface area contributed by atoms with Gasteiger partial charge in [-0.1, -0.05) is 0 Å². The molecule has 0 aromatic carbocycles. The molecule has 5 heteroatoms. The summed E-state index contributed by atoms with van der Waals surface area (Å²) in [4.78, 5) is 4.00. The normalized spacial score (nSPS) is 22.2. The first-order valence-corrected chi connectivity index (χ1v) is 3.83. The third-order valence-corrected chi connectivity index (χ3v) is 2.07. The van der Waals surface area contributed by atoms with Crippen molar-refractivity contribution in [1.82, 2.24) is 15.2 Å². The first kappa shape index (κ1) is 7.64. The summed E-state index contributed by atoms with van der Waals surface area (Å²) < 4.78 is 24.8. The van der Waals surface area contributed by atoms with Gasteiger partial charge in [-0.3, -0.25) is 5.10 Å². The molecule has 1 saturated carbocycles. The Kier molecular flexibility index (Phi) is 1.43. The highest BCUT2D eigenvalue weighted by Gasteiger charge is 2.47. The minimum absolute atomic E-state index is 0.107. The van der Waals surface area contributed by atoms with E-state index in [-0.39, 0.29) is 18.8 Å². The second kappa shape index (κ2) is 2.24. The molecule has 0 atom stereocenters. The number of nitrogens with zero attached hydrogens (tertiary/aromatic N) is 2.